The highest BCUT2D eigenvalue weighted by Crippen LogP contribution is 2.35. The molecule has 2 rings (SSSR count). The molecule has 0 amide bonds. The van der Waals surface area contributed by atoms with Crippen LogP contribution in [0.25, 0.3) is 0 Å². The van der Waals surface area contributed by atoms with Gasteiger partial charge < -0.3 is 0 Å². The van der Waals surface area contributed by atoms with E-state index in [1.54, 1.807) is 6.92 Å². The fraction of sp³-hybridized carbons (Fsp3) is 0.455. The van der Waals surface area contributed by atoms with Crippen LogP contribution in [0.3, 0.4) is 0 Å². The zero-order valence-corrected chi connectivity index (χ0v) is 13.4. The maximum absolute atomic E-state index is 12.6. The molecule has 22 heavy (non-hydrogen) atoms. The fourth-order valence-corrected chi connectivity index (χ4v) is 5.28. The van der Waals surface area contributed by atoms with Gasteiger partial charge in [-0.15, -0.1) is 11.8 Å². The average Bonchev–Trinajstić information content (AvgIpc) is 2.85. The van der Waals surface area contributed by atoms with Crippen molar-refractivity contribution in [1.82, 2.24) is 4.31 Å². The quantitative estimate of drug-likeness (QED) is 0.601. The molecule has 1 aliphatic rings. The number of thioether (sulfide) groups is 1. The first-order valence-electron chi connectivity index (χ1n) is 6.23. The Balaban J connectivity index is 2.65. The molecular weight excluding hydrogens is 334 g/mol. The highest BCUT2D eigenvalue weighted by molar-refractivity contribution is 8.01. The largest absolute Gasteiger partial charge is 0.280 e. The third-order valence-corrected chi connectivity index (χ3v) is 6.64. The molecule has 1 unspecified atom stereocenters. The molecule has 0 saturated carbocycles. The molecule has 1 atom stereocenters. The summed E-state index contributed by atoms with van der Waals surface area (Å²) in [6.45, 7) is 3.19. The second kappa shape index (κ2) is 5.82. The van der Waals surface area contributed by atoms with Gasteiger partial charge in [0, 0.05) is 24.4 Å². The predicted octanol–water partition coefficient (Wildman–Crippen LogP) is 1.89. The van der Waals surface area contributed by atoms with Crippen LogP contribution in [0.5, 0.6) is 0 Å². The van der Waals surface area contributed by atoms with E-state index in [1.165, 1.54) is 23.0 Å². The SMILES string of the molecule is Cc1c([N+](=O)[O-])cc(S(=O)(=O)N2CCSC2C)cc1[N+](=O)[O-]. The van der Waals surface area contributed by atoms with Gasteiger partial charge in [0.05, 0.1) is 20.1 Å². The number of benzene rings is 1. The highest BCUT2D eigenvalue weighted by Gasteiger charge is 2.36. The summed E-state index contributed by atoms with van der Waals surface area (Å²) in [5.41, 5.74) is -1.32. The van der Waals surface area contributed by atoms with Crippen LogP contribution < -0.4 is 0 Å². The highest BCUT2D eigenvalue weighted by atomic mass is 32.2. The Morgan fingerprint density at radius 1 is 1.23 bits per heavy atom. The Morgan fingerprint density at radius 2 is 1.73 bits per heavy atom. The van der Waals surface area contributed by atoms with Crippen molar-refractivity contribution >= 4 is 33.2 Å². The van der Waals surface area contributed by atoms with Gasteiger partial charge in [-0.05, 0) is 13.8 Å². The number of hydrogen-bond acceptors (Lipinski definition) is 7. The van der Waals surface area contributed by atoms with Gasteiger partial charge >= 0.3 is 0 Å². The summed E-state index contributed by atoms with van der Waals surface area (Å²) >= 11 is 1.43. The second-order valence-electron chi connectivity index (χ2n) is 4.69. The lowest BCUT2D eigenvalue weighted by atomic mass is 10.1. The van der Waals surface area contributed by atoms with Gasteiger partial charge in [0.1, 0.15) is 5.56 Å². The van der Waals surface area contributed by atoms with E-state index in [2.05, 4.69) is 0 Å². The molecule has 1 aromatic rings. The molecule has 1 saturated heterocycles. The molecule has 0 radical (unpaired) electrons. The topological polar surface area (TPSA) is 124 Å². The van der Waals surface area contributed by atoms with Crippen LogP contribution in [-0.2, 0) is 10.0 Å². The van der Waals surface area contributed by atoms with Gasteiger partial charge in [-0.25, -0.2) is 8.42 Å². The van der Waals surface area contributed by atoms with Crippen molar-refractivity contribution in [3.8, 4) is 0 Å². The van der Waals surface area contributed by atoms with Crippen molar-refractivity contribution in [3.63, 3.8) is 0 Å². The van der Waals surface area contributed by atoms with E-state index in [1.807, 2.05) is 0 Å². The average molecular weight is 347 g/mol. The third-order valence-electron chi connectivity index (χ3n) is 3.40. The van der Waals surface area contributed by atoms with E-state index in [0.717, 1.165) is 12.1 Å². The first-order chi connectivity index (χ1) is 10.2. The summed E-state index contributed by atoms with van der Waals surface area (Å²) in [6, 6.07) is 1.76. The Bertz CT molecular complexity index is 713. The van der Waals surface area contributed by atoms with Gasteiger partial charge in [-0.1, -0.05) is 0 Å². The van der Waals surface area contributed by atoms with E-state index >= 15 is 0 Å². The number of nitro groups is 2. The van der Waals surface area contributed by atoms with E-state index in [4.69, 9.17) is 0 Å². The monoisotopic (exact) mass is 347 g/mol. The Kier molecular flexibility index (Phi) is 4.40. The minimum Gasteiger partial charge on any atom is -0.258 e. The zero-order valence-electron chi connectivity index (χ0n) is 11.8. The lowest BCUT2D eigenvalue weighted by Gasteiger charge is -2.20. The molecule has 0 N–H and O–H groups in total. The van der Waals surface area contributed by atoms with Crippen LogP contribution in [0.15, 0.2) is 17.0 Å². The standard InChI is InChI=1S/C11H13N3O6S2/c1-7-10(13(15)16)5-9(6-11(7)14(17)18)22(19,20)12-3-4-21-8(12)2/h5-6,8H,3-4H2,1-2H3. The molecular formula is C11H13N3O6S2. The number of sulfonamides is 1. The van der Waals surface area contributed by atoms with Crippen molar-refractivity contribution in [2.24, 2.45) is 0 Å². The summed E-state index contributed by atoms with van der Waals surface area (Å²) in [5.74, 6) is 0.608. The number of hydrogen-bond donors (Lipinski definition) is 0. The molecule has 1 heterocycles. The predicted molar refractivity (Wildman–Crippen MR) is 80.3 cm³/mol. The molecule has 1 aliphatic heterocycles. The smallest absolute Gasteiger partial charge is 0.258 e. The summed E-state index contributed by atoms with van der Waals surface area (Å²) in [4.78, 5) is 20.0. The van der Waals surface area contributed by atoms with Crippen molar-refractivity contribution in [2.45, 2.75) is 24.1 Å². The van der Waals surface area contributed by atoms with Crippen molar-refractivity contribution in [1.29, 1.82) is 0 Å². The molecule has 0 aromatic heterocycles. The molecule has 0 bridgehead atoms. The van der Waals surface area contributed by atoms with Crippen molar-refractivity contribution in [2.75, 3.05) is 12.3 Å². The number of rotatable bonds is 4. The lowest BCUT2D eigenvalue weighted by molar-refractivity contribution is -0.395. The van der Waals surface area contributed by atoms with Crippen LogP contribution in [0.2, 0.25) is 0 Å². The molecule has 1 fully saturated rings. The van der Waals surface area contributed by atoms with Gasteiger partial charge in [-0.2, -0.15) is 4.31 Å². The summed E-state index contributed by atoms with van der Waals surface area (Å²) in [6.07, 6.45) is 0. The molecule has 0 aliphatic carbocycles. The minimum absolute atomic E-state index is 0.169. The Hall–Kier alpha value is -1.72. The Labute approximate surface area is 130 Å². The van der Waals surface area contributed by atoms with Gasteiger partial charge in [0.25, 0.3) is 11.4 Å². The molecule has 0 spiro atoms. The molecule has 1 aromatic carbocycles. The lowest BCUT2D eigenvalue weighted by Crippen LogP contribution is -2.33. The van der Waals surface area contributed by atoms with Crippen molar-refractivity contribution < 1.29 is 18.3 Å². The maximum atomic E-state index is 12.6. The third kappa shape index (κ3) is 2.78. The van der Waals surface area contributed by atoms with E-state index in [0.29, 0.717) is 5.75 Å². The van der Waals surface area contributed by atoms with Gasteiger partial charge in [-0.3, -0.25) is 20.2 Å². The number of nitro benzene ring substituents is 2. The minimum atomic E-state index is -4.01. The van der Waals surface area contributed by atoms with Crippen LogP contribution in [-0.4, -0.2) is 40.2 Å². The van der Waals surface area contributed by atoms with Crippen LogP contribution in [0.1, 0.15) is 12.5 Å². The number of nitrogens with zero attached hydrogens (tertiary/aromatic N) is 3. The summed E-state index contributed by atoms with van der Waals surface area (Å²) < 4.78 is 26.3. The van der Waals surface area contributed by atoms with E-state index < -0.39 is 36.1 Å². The van der Waals surface area contributed by atoms with E-state index in [-0.39, 0.29) is 17.5 Å². The first-order valence-corrected chi connectivity index (χ1v) is 8.72. The van der Waals surface area contributed by atoms with E-state index in [9.17, 15) is 28.6 Å². The van der Waals surface area contributed by atoms with Crippen LogP contribution in [0.4, 0.5) is 11.4 Å². The molecule has 9 nitrogen and oxygen atoms in total. The zero-order chi connectivity index (χ0) is 16.7. The summed E-state index contributed by atoms with van der Waals surface area (Å²) in [7, 11) is -4.01. The van der Waals surface area contributed by atoms with Crippen LogP contribution >= 0.6 is 11.8 Å². The van der Waals surface area contributed by atoms with Gasteiger partial charge in [0.15, 0.2) is 0 Å². The summed E-state index contributed by atoms with van der Waals surface area (Å²) in [5, 5.41) is 21.7. The van der Waals surface area contributed by atoms with Gasteiger partial charge in [0.2, 0.25) is 10.0 Å². The van der Waals surface area contributed by atoms with Crippen LogP contribution in [0, 0.1) is 27.2 Å². The first kappa shape index (κ1) is 16.6. The maximum Gasteiger partial charge on any atom is 0.280 e. The molecule has 11 heteroatoms. The molecule has 120 valence electrons. The van der Waals surface area contributed by atoms with Crippen molar-refractivity contribution in [3.05, 3.63) is 37.9 Å². The Morgan fingerprint density at radius 3 is 2.09 bits per heavy atom. The second-order valence-corrected chi connectivity index (χ2v) is 8.00. The fourth-order valence-electron chi connectivity index (χ4n) is 2.22. The normalized spacial score (nSPS) is 19.3.